The molecule has 0 unspecified atom stereocenters. The molecule has 1 aliphatic carbocycles. The first-order chi connectivity index (χ1) is 13.7. The Kier molecular flexibility index (Phi) is 6.13. The Morgan fingerprint density at radius 3 is 2.64 bits per heavy atom. The van der Waals surface area contributed by atoms with Gasteiger partial charge in [-0.3, -0.25) is 9.69 Å². The third-order valence-electron chi connectivity index (χ3n) is 5.85. The second-order valence-corrected chi connectivity index (χ2v) is 8.06. The summed E-state index contributed by atoms with van der Waals surface area (Å²) in [6.07, 6.45) is 2.33. The summed E-state index contributed by atoms with van der Waals surface area (Å²) in [5.74, 6) is 3.39. The van der Waals surface area contributed by atoms with Crippen molar-refractivity contribution in [1.82, 2.24) is 10.2 Å². The van der Waals surface area contributed by atoms with Crippen molar-refractivity contribution < 1.29 is 13.9 Å². The third kappa shape index (κ3) is 5.03. The predicted octanol–water partition coefficient (Wildman–Crippen LogP) is 3.48. The van der Waals surface area contributed by atoms with Gasteiger partial charge in [0.05, 0.1) is 13.2 Å². The minimum Gasteiger partial charge on any atom is -0.466 e. The second kappa shape index (κ2) is 8.93. The Balaban J connectivity index is 1.24. The van der Waals surface area contributed by atoms with Gasteiger partial charge in [-0.25, -0.2) is 0 Å². The van der Waals surface area contributed by atoms with Crippen LogP contribution in [0.3, 0.4) is 0 Å². The second-order valence-electron chi connectivity index (χ2n) is 8.06. The highest BCUT2D eigenvalue weighted by Gasteiger charge is 2.36. The Hall–Kier alpha value is -2.11. The molecule has 4 rings (SSSR count). The molecular formula is C23H30N2O3. The zero-order chi connectivity index (χ0) is 19.3. The highest BCUT2D eigenvalue weighted by molar-refractivity contribution is 5.76. The van der Waals surface area contributed by atoms with Crippen molar-refractivity contribution in [3.05, 3.63) is 59.0 Å². The zero-order valence-electron chi connectivity index (χ0n) is 16.7. The number of morpholine rings is 1. The lowest BCUT2D eigenvalue weighted by atomic mass is 10.1. The van der Waals surface area contributed by atoms with Gasteiger partial charge >= 0.3 is 0 Å². The minimum atomic E-state index is 0.0684. The van der Waals surface area contributed by atoms with Crippen molar-refractivity contribution in [2.24, 2.45) is 5.92 Å². The fourth-order valence-corrected chi connectivity index (χ4v) is 3.85. The van der Waals surface area contributed by atoms with Crippen LogP contribution >= 0.6 is 0 Å². The number of nitrogens with one attached hydrogen (secondary N) is 1. The molecule has 0 radical (unpaired) electrons. The monoisotopic (exact) mass is 382 g/mol. The number of hydrogen-bond acceptors (Lipinski definition) is 4. The molecule has 2 heterocycles. The molecule has 1 aliphatic heterocycles. The van der Waals surface area contributed by atoms with Crippen LogP contribution in [-0.2, 0) is 29.0 Å². The third-order valence-corrected chi connectivity index (χ3v) is 5.85. The van der Waals surface area contributed by atoms with Crippen molar-refractivity contribution in [2.75, 3.05) is 26.3 Å². The van der Waals surface area contributed by atoms with Crippen molar-refractivity contribution in [1.29, 1.82) is 0 Å². The first kappa shape index (κ1) is 19.2. The average molecular weight is 383 g/mol. The van der Waals surface area contributed by atoms with Crippen molar-refractivity contribution in [3.8, 4) is 0 Å². The standard InChI is InChI=1S/C23H30N2O3/c1-17-14-21(17)22-8-6-20(28-22)7-9-23(26)24-15-18-4-2-3-5-19(18)16-25-10-12-27-13-11-25/h2-6,8,17,21H,7,9-16H2,1H3,(H,24,26)/t17-,21-/m0/s1. The first-order valence-electron chi connectivity index (χ1n) is 10.4. The van der Waals surface area contributed by atoms with Gasteiger partial charge in [-0.05, 0) is 35.6 Å². The summed E-state index contributed by atoms with van der Waals surface area (Å²) in [5.41, 5.74) is 2.46. The van der Waals surface area contributed by atoms with Gasteiger partial charge in [-0.15, -0.1) is 0 Å². The Bertz CT molecular complexity index is 795. The van der Waals surface area contributed by atoms with Gasteiger partial charge in [-0.2, -0.15) is 0 Å². The van der Waals surface area contributed by atoms with Crippen molar-refractivity contribution in [2.45, 2.75) is 45.2 Å². The minimum absolute atomic E-state index is 0.0684. The normalized spacial score (nSPS) is 22.2. The fraction of sp³-hybridized carbons (Fsp3) is 0.522. The summed E-state index contributed by atoms with van der Waals surface area (Å²) in [5, 5.41) is 3.07. The molecule has 2 fully saturated rings. The van der Waals surface area contributed by atoms with E-state index in [4.69, 9.17) is 9.15 Å². The lowest BCUT2D eigenvalue weighted by Gasteiger charge is -2.27. The van der Waals surface area contributed by atoms with Crippen LogP contribution in [0.25, 0.3) is 0 Å². The van der Waals surface area contributed by atoms with Crippen LogP contribution in [-0.4, -0.2) is 37.1 Å². The molecule has 2 aliphatic rings. The van der Waals surface area contributed by atoms with Gasteiger partial charge in [0.25, 0.3) is 0 Å². The number of carbonyl (C=O) groups is 1. The van der Waals surface area contributed by atoms with Gasteiger partial charge in [0.1, 0.15) is 11.5 Å². The number of carbonyl (C=O) groups excluding carboxylic acids is 1. The molecule has 2 atom stereocenters. The first-order valence-corrected chi connectivity index (χ1v) is 10.4. The van der Waals surface area contributed by atoms with Gasteiger partial charge in [-0.1, -0.05) is 31.2 Å². The quantitative estimate of drug-likeness (QED) is 0.759. The molecule has 1 aromatic heterocycles. The molecule has 1 N–H and O–H groups in total. The molecule has 150 valence electrons. The smallest absolute Gasteiger partial charge is 0.220 e. The maximum absolute atomic E-state index is 12.3. The number of furan rings is 1. The summed E-state index contributed by atoms with van der Waals surface area (Å²) in [4.78, 5) is 14.7. The number of amides is 1. The number of benzene rings is 1. The van der Waals surface area contributed by atoms with Gasteiger partial charge in [0.2, 0.25) is 5.91 Å². The van der Waals surface area contributed by atoms with E-state index in [-0.39, 0.29) is 5.91 Å². The zero-order valence-corrected chi connectivity index (χ0v) is 16.7. The number of nitrogens with zero attached hydrogens (tertiary/aromatic N) is 1. The molecular weight excluding hydrogens is 352 g/mol. The Morgan fingerprint density at radius 1 is 1.14 bits per heavy atom. The Labute approximate surface area is 167 Å². The van der Waals surface area contributed by atoms with E-state index in [1.165, 1.54) is 17.5 Å². The summed E-state index contributed by atoms with van der Waals surface area (Å²) >= 11 is 0. The largest absolute Gasteiger partial charge is 0.466 e. The maximum atomic E-state index is 12.3. The number of rotatable bonds is 8. The van der Waals surface area contributed by atoms with Crippen LogP contribution in [0.2, 0.25) is 0 Å². The molecule has 5 nitrogen and oxygen atoms in total. The van der Waals surface area contributed by atoms with Crippen LogP contribution in [0.15, 0.2) is 40.8 Å². The lowest BCUT2D eigenvalue weighted by molar-refractivity contribution is -0.121. The maximum Gasteiger partial charge on any atom is 0.220 e. The van der Waals surface area contributed by atoms with Crippen LogP contribution in [0.5, 0.6) is 0 Å². The molecule has 1 saturated heterocycles. The lowest BCUT2D eigenvalue weighted by Crippen LogP contribution is -2.36. The van der Waals surface area contributed by atoms with E-state index in [0.717, 1.165) is 50.3 Å². The van der Waals surface area contributed by atoms with Gasteiger partial charge in [0.15, 0.2) is 0 Å². The van der Waals surface area contributed by atoms with Crippen LogP contribution in [0.4, 0.5) is 0 Å². The van der Waals surface area contributed by atoms with Crippen LogP contribution in [0.1, 0.15) is 48.3 Å². The predicted molar refractivity (Wildman–Crippen MR) is 108 cm³/mol. The summed E-state index contributed by atoms with van der Waals surface area (Å²) in [7, 11) is 0. The molecule has 0 bridgehead atoms. The van der Waals surface area contributed by atoms with E-state index in [1.807, 2.05) is 12.1 Å². The van der Waals surface area contributed by atoms with E-state index in [0.29, 0.717) is 25.3 Å². The summed E-state index contributed by atoms with van der Waals surface area (Å²) < 4.78 is 11.3. The average Bonchev–Trinajstić information content (AvgIpc) is 3.26. The molecule has 1 amide bonds. The topological polar surface area (TPSA) is 54.7 Å². The number of hydrogen-bond donors (Lipinski definition) is 1. The van der Waals surface area contributed by atoms with E-state index in [2.05, 4.69) is 41.4 Å². The fourth-order valence-electron chi connectivity index (χ4n) is 3.85. The van der Waals surface area contributed by atoms with E-state index in [1.54, 1.807) is 0 Å². The molecule has 5 heteroatoms. The summed E-state index contributed by atoms with van der Waals surface area (Å²) in [6, 6.07) is 12.4. The number of ether oxygens (including phenoxy) is 1. The highest BCUT2D eigenvalue weighted by Crippen LogP contribution is 2.47. The van der Waals surface area contributed by atoms with E-state index >= 15 is 0 Å². The van der Waals surface area contributed by atoms with Crippen LogP contribution < -0.4 is 5.32 Å². The van der Waals surface area contributed by atoms with Crippen LogP contribution in [0, 0.1) is 5.92 Å². The molecule has 2 aromatic rings. The summed E-state index contributed by atoms with van der Waals surface area (Å²) in [6.45, 7) is 7.25. The van der Waals surface area contributed by atoms with E-state index in [9.17, 15) is 4.79 Å². The molecule has 1 saturated carbocycles. The highest BCUT2D eigenvalue weighted by atomic mass is 16.5. The number of aryl methyl sites for hydroxylation is 1. The SMILES string of the molecule is C[C@H]1C[C@@H]1c1ccc(CCC(=O)NCc2ccccc2CN2CCOCC2)o1. The Morgan fingerprint density at radius 2 is 1.89 bits per heavy atom. The van der Waals surface area contributed by atoms with Crippen molar-refractivity contribution in [3.63, 3.8) is 0 Å². The molecule has 0 spiro atoms. The van der Waals surface area contributed by atoms with Crippen molar-refractivity contribution >= 4 is 5.91 Å². The van der Waals surface area contributed by atoms with Gasteiger partial charge in [0, 0.05) is 44.9 Å². The molecule has 1 aromatic carbocycles. The molecule has 28 heavy (non-hydrogen) atoms. The van der Waals surface area contributed by atoms with E-state index < -0.39 is 0 Å². The van der Waals surface area contributed by atoms with Gasteiger partial charge < -0.3 is 14.5 Å².